The van der Waals surface area contributed by atoms with E-state index in [0.29, 0.717) is 12.3 Å². The van der Waals surface area contributed by atoms with Gasteiger partial charge in [-0.15, -0.1) is 0 Å². The molecule has 0 bridgehead atoms. The maximum absolute atomic E-state index is 10.2. The number of ether oxygens (including phenoxy) is 2. The fourth-order valence-electron chi connectivity index (χ4n) is 2.02. The number of halogens is 1. The van der Waals surface area contributed by atoms with Gasteiger partial charge in [0.15, 0.2) is 11.5 Å². The van der Waals surface area contributed by atoms with Crippen LogP contribution in [0.4, 0.5) is 5.69 Å². The van der Waals surface area contributed by atoms with E-state index in [0.717, 1.165) is 21.5 Å². The Bertz CT molecular complexity index is 601. The van der Waals surface area contributed by atoms with Gasteiger partial charge in [-0.2, -0.15) is 0 Å². The van der Waals surface area contributed by atoms with Gasteiger partial charge in [-0.05, 0) is 42.0 Å². The third-order valence-corrected chi connectivity index (χ3v) is 3.65. The predicted molar refractivity (Wildman–Crippen MR) is 80.2 cm³/mol. The van der Waals surface area contributed by atoms with Crippen LogP contribution in [0.3, 0.4) is 0 Å². The van der Waals surface area contributed by atoms with Crippen molar-refractivity contribution in [3.63, 3.8) is 0 Å². The lowest BCUT2D eigenvalue weighted by Gasteiger charge is -2.13. The second kappa shape index (κ2) is 5.73. The Morgan fingerprint density at radius 2 is 1.85 bits per heavy atom. The number of benzene rings is 2. The van der Waals surface area contributed by atoms with Crippen LogP contribution in [0.15, 0.2) is 46.9 Å². The molecule has 2 N–H and O–H groups in total. The molecule has 1 atom stereocenters. The van der Waals surface area contributed by atoms with E-state index in [1.54, 1.807) is 0 Å². The van der Waals surface area contributed by atoms with Crippen LogP contribution in [0.5, 0.6) is 11.5 Å². The maximum Gasteiger partial charge on any atom is 0.231 e. The summed E-state index contributed by atoms with van der Waals surface area (Å²) in [4.78, 5) is 0. The van der Waals surface area contributed by atoms with Gasteiger partial charge in [0.1, 0.15) is 0 Å². The van der Waals surface area contributed by atoms with Crippen molar-refractivity contribution in [1.82, 2.24) is 0 Å². The molecule has 0 aromatic heterocycles. The van der Waals surface area contributed by atoms with Crippen molar-refractivity contribution in [2.45, 2.75) is 6.10 Å². The van der Waals surface area contributed by atoms with Gasteiger partial charge in [-0.3, -0.25) is 0 Å². The number of hydrogen-bond donors (Lipinski definition) is 2. The molecule has 2 aromatic rings. The van der Waals surface area contributed by atoms with Gasteiger partial charge in [0.05, 0.1) is 6.10 Å². The van der Waals surface area contributed by atoms with Crippen LogP contribution in [-0.4, -0.2) is 18.4 Å². The number of anilines is 1. The van der Waals surface area contributed by atoms with Crippen molar-refractivity contribution in [2.75, 3.05) is 18.7 Å². The molecule has 3 rings (SSSR count). The number of nitrogens with one attached hydrogen (secondary N) is 1. The monoisotopic (exact) mass is 335 g/mol. The molecular formula is C15H14BrNO3. The highest BCUT2D eigenvalue weighted by Crippen LogP contribution is 2.34. The fourth-order valence-corrected chi connectivity index (χ4v) is 2.28. The summed E-state index contributed by atoms with van der Waals surface area (Å²) in [6.45, 7) is 0.674. The van der Waals surface area contributed by atoms with Crippen LogP contribution >= 0.6 is 15.9 Å². The van der Waals surface area contributed by atoms with Crippen LogP contribution in [0.25, 0.3) is 0 Å². The van der Waals surface area contributed by atoms with Crippen LogP contribution < -0.4 is 14.8 Å². The highest BCUT2D eigenvalue weighted by atomic mass is 79.9. The minimum atomic E-state index is -0.604. The van der Waals surface area contributed by atoms with E-state index in [4.69, 9.17) is 9.47 Å². The van der Waals surface area contributed by atoms with Crippen LogP contribution in [0.1, 0.15) is 11.7 Å². The molecule has 2 aromatic carbocycles. The normalized spacial score (nSPS) is 14.1. The van der Waals surface area contributed by atoms with Gasteiger partial charge >= 0.3 is 0 Å². The lowest BCUT2D eigenvalue weighted by molar-refractivity contribution is 0.173. The van der Waals surface area contributed by atoms with Gasteiger partial charge in [0, 0.05) is 16.7 Å². The van der Waals surface area contributed by atoms with E-state index >= 15 is 0 Å². The Hall–Kier alpha value is -1.72. The summed E-state index contributed by atoms with van der Waals surface area (Å²) in [5, 5.41) is 13.4. The molecule has 0 saturated carbocycles. The van der Waals surface area contributed by atoms with Crippen molar-refractivity contribution >= 4 is 21.6 Å². The fraction of sp³-hybridized carbons (Fsp3) is 0.200. The molecule has 0 saturated heterocycles. The van der Waals surface area contributed by atoms with Gasteiger partial charge in [-0.1, -0.05) is 22.0 Å². The molecule has 1 aliphatic heterocycles. The summed E-state index contributed by atoms with van der Waals surface area (Å²) in [5.74, 6) is 1.41. The van der Waals surface area contributed by atoms with E-state index in [9.17, 15) is 5.11 Å². The quantitative estimate of drug-likeness (QED) is 0.899. The van der Waals surface area contributed by atoms with Gasteiger partial charge in [0.2, 0.25) is 6.79 Å². The van der Waals surface area contributed by atoms with Crippen molar-refractivity contribution in [1.29, 1.82) is 0 Å². The molecule has 104 valence electrons. The molecule has 1 aliphatic rings. The highest BCUT2D eigenvalue weighted by Gasteiger charge is 2.16. The zero-order chi connectivity index (χ0) is 13.9. The largest absolute Gasteiger partial charge is 0.454 e. The molecule has 0 fully saturated rings. The van der Waals surface area contributed by atoms with Crippen molar-refractivity contribution in [3.8, 4) is 11.5 Å². The molecule has 0 amide bonds. The van der Waals surface area contributed by atoms with E-state index < -0.39 is 6.10 Å². The first kappa shape index (κ1) is 13.3. The Morgan fingerprint density at radius 3 is 2.65 bits per heavy atom. The summed E-state index contributed by atoms with van der Waals surface area (Å²) < 4.78 is 11.6. The number of rotatable bonds is 4. The molecular weight excluding hydrogens is 322 g/mol. The summed E-state index contributed by atoms with van der Waals surface area (Å²) in [5.41, 5.74) is 1.77. The maximum atomic E-state index is 10.2. The molecule has 20 heavy (non-hydrogen) atoms. The van der Waals surface area contributed by atoms with E-state index in [-0.39, 0.29) is 6.79 Å². The number of hydrogen-bond acceptors (Lipinski definition) is 4. The summed E-state index contributed by atoms with van der Waals surface area (Å²) in [7, 11) is 0. The molecule has 0 aliphatic carbocycles. The van der Waals surface area contributed by atoms with Crippen LogP contribution in [0, 0.1) is 0 Å². The van der Waals surface area contributed by atoms with Gasteiger partial charge in [-0.25, -0.2) is 0 Å². The second-order valence-corrected chi connectivity index (χ2v) is 5.43. The molecule has 4 nitrogen and oxygen atoms in total. The highest BCUT2D eigenvalue weighted by molar-refractivity contribution is 9.10. The Labute approximate surface area is 125 Å². The van der Waals surface area contributed by atoms with Gasteiger partial charge < -0.3 is 19.9 Å². The lowest BCUT2D eigenvalue weighted by atomic mass is 10.1. The Kier molecular flexibility index (Phi) is 3.80. The first-order chi connectivity index (χ1) is 9.72. The summed E-state index contributed by atoms with van der Waals surface area (Å²) in [6, 6.07) is 13.3. The SMILES string of the molecule is OC(CNc1ccc(Br)cc1)c1ccc2c(c1)OCO2. The van der Waals surface area contributed by atoms with Crippen molar-refractivity contribution in [2.24, 2.45) is 0 Å². The van der Waals surface area contributed by atoms with Crippen molar-refractivity contribution in [3.05, 3.63) is 52.5 Å². The zero-order valence-corrected chi connectivity index (χ0v) is 12.3. The zero-order valence-electron chi connectivity index (χ0n) is 10.7. The smallest absolute Gasteiger partial charge is 0.231 e. The minimum absolute atomic E-state index is 0.242. The van der Waals surface area contributed by atoms with E-state index in [1.165, 1.54) is 0 Å². The molecule has 1 heterocycles. The van der Waals surface area contributed by atoms with Crippen LogP contribution in [-0.2, 0) is 0 Å². The Morgan fingerprint density at radius 1 is 1.10 bits per heavy atom. The second-order valence-electron chi connectivity index (χ2n) is 4.52. The molecule has 1 unspecified atom stereocenters. The third-order valence-electron chi connectivity index (χ3n) is 3.13. The summed E-state index contributed by atoms with van der Waals surface area (Å²) in [6.07, 6.45) is -0.604. The molecule has 0 radical (unpaired) electrons. The number of fused-ring (bicyclic) bond motifs is 1. The molecule has 5 heteroatoms. The van der Waals surface area contributed by atoms with Crippen LogP contribution in [0.2, 0.25) is 0 Å². The van der Waals surface area contributed by atoms with Gasteiger partial charge in [0.25, 0.3) is 0 Å². The third kappa shape index (κ3) is 2.89. The topological polar surface area (TPSA) is 50.7 Å². The van der Waals surface area contributed by atoms with E-state index in [2.05, 4.69) is 21.2 Å². The minimum Gasteiger partial charge on any atom is -0.454 e. The standard InChI is InChI=1S/C15H14BrNO3/c16-11-2-4-12(5-3-11)17-8-13(18)10-1-6-14-15(7-10)20-9-19-14/h1-7,13,17-18H,8-9H2. The number of aliphatic hydroxyl groups is 1. The van der Waals surface area contributed by atoms with E-state index in [1.807, 2.05) is 42.5 Å². The predicted octanol–water partition coefficient (Wildman–Crippen LogP) is 3.32. The van der Waals surface area contributed by atoms with Crippen molar-refractivity contribution < 1.29 is 14.6 Å². The summed E-state index contributed by atoms with van der Waals surface area (Å²) >= 11 is 3.39. The molecule has 0 spiro atoms. The first-order valence-corrected chi connectivity index (χ1v) is 7.09. The first-order valence-electron chi connectivity index (χ1n) is 6.29. The Balaban J connectivity index is 1.64. The average molecular weight is 336 g/mol. The number of aliphatic hydroxyl groups excluding tert-OH is 1. The average Bonchev–Trinajstić information content (AvgIpc) is 2.93. The lowest BCUT2D eigenvalue weighted by Crippen LogP contribution is -2.12.